The van der Waals surface area contributed by atoms with Crippen molar-refractivity contribution in [3.05, 3.63) is 69.8 Å². The van der Waals surface area contributed by atoms with E-state index in [4.69, 9.17) is 0 Å². The largest absolute Gasteiger partial charge is 0.0616 e. The van der Waals surface area contributed by atoms with Crippen LogP contribution in [0.1, 0.15) is 5.56 Å². The summed E-state index contributed by atoms with van der Waals surface area (Å²) in [5.41, 5.74) is 3.94. The highest BCUT2D eigenvalue weighted by Gasteiger charge is 2.04. The van der Waals surface area contributed by atoms with Crippen LogP contribution >= 0.6 is 22.6 Å². The van der Waals surface area contributed by atoms with Crippen LogP contribution in [0, 0.1) is 10.5 Å². The van der Waals surface area contributed by atoms with Gasteiger partial charge in [0.2, 0.25) is 0 Å². The van der Waals surface area contributed by atoms with Crippen LogP contribution in [-0.4, -0.2) is 0 Å². The Morgan fingerprint density at radius 1 is 0.833 bits per heavy atom. The van der Waals surface area contributed by atoms with E-state index >= 15 is 0 Å². The molecule has 0 aromatic heterocycles. The van der Waals surface area contributed by atoms with E-state index in [1.54, 1.807) is 0 Å². The van der Waals surface area contributed by atoms with Gasteiger partial charge in [-0.05, 0) is 63.0 Å². The molecule has 0 bridgehead atoms. The van der Waals surface area contributed by atoms with Crippen molar-refractivity contribution >= 4 is 33.4 Å². The van der Waals surface area contributed by atoms with Crippen molar-refractivity contribution in [2.75, 3.05) is 0 Å². The first-order chi connectivity index (χ1) is 8.75. The van der Waals surface area contributed by atoms with E-state index in [1.807, 2.05) is 0 Å². The number of aryl methyl sites for hydroxylation is 1. The van der Waals surface area contributed by atoms with Crippen LogP contribution in [0.4, 0.5) is 0 Å². The third kappa shape index (κ3) is 2.03. The Labute approximate surface area is 121 Å². The molecular weight excluding hydrogens is 331 g/mol. The molecule has 0 N–H and O–H groups in total. The van der Waals surface area contributed by atoms with Crippen molar-refractivity contribution in [1.82, 2.24) is 0 Å². The lowest BCUT2D eigenvalue weighted by molar-refractivity contribution is 1.43. The Kier molecular flexibility index (Phi) is 3.08. The summed E-state index contributed by atoms with van der Waals surface area (Å²) < 4.78 is 1.32. The summed E-state index contributed by atoms with van der Waals surface area (Å²) in [6.45, 7) is 2.16. The fraction of sp³-hybridized carbons (Fsp3) is 0.0588. The summed E-state index contributed by atoms with van der Waals surface area (Å²) in [5.74, 6) is 0. The van der Waals surface area contributed by atoms with Crippen LogP contribution < -0.4 is 0 Å². The molecule has 3 rings (SSSR count). The molecule has 88 valence electrons. The van der Waals surface area contributed by atoms with Crippen molar-refractivity contribution in [3.63, 3.8) is 0 Å². The molecule has 0 saturated carbocycles. The van der Waals surface area contributed by atoms with Crippen molar-refractivity contribution < 1.29 is 0 Å². The number of benzene rings is 3. The second-order valence-corrected chi connectivity index (χ2v) is 5.65. The van der Waals surface area contributed by atoms with Gasteiger partial charge in [-0.2, -0.15) is 0 Å². The van der Waals surface area contributed by atoms with Crippen molar-refractivity contribution in [2.45, 2.75) is 6.92 Å². The molecular formula is C17H13I. The zero-order chi connectivity index (χ0) is 12.5. The molecule has 0 saturated heterocycles. The molecule has 0 heterocycles. The standard InChI is InChI=1S/C17H13I/c1-12-11-14(9-10-17(12)18)16-8-4-6-13-5-2-3-7-15(13)16/h2-11H,1H3. The van der Waals surface area contributed by atoms with Gasteiger partial charge in [-0.15, -0.1) is 0 Å². The number of fused-ring (bicyclic) bond motifs is 1. The molecule has 0 fully saturated rings. The molecule has 3 aromatic rings. The number of halogens is 1. The Morgan fingerprint density at radius 2 is 1.61 bits per heavy atom. The van der Waals surface area contributed by atoms with Gasteiger partial charge < -0.3 is 0 Å². The zero-order valence-electron chi connectivity index (χ0n) is 10.2. The first kappa shape index (κ1) is 11.7. The molecule has 0 aliphatic rings. The molecule has 0 nitrogen and oxygen atoms in total. The van der Waals surface area contributed by atoms with E-state index in [2.05, 4.69) is 90.2 Å². The first-order valence-electron chi connectivity index (χ1n) is 6.00. The summed E-state index contributed by atoms with van der Waals surface area (Å²) in [6.07, 6.45) is 0. The number of rotatable bonds is 1. The predicted octanol–water partition coefficient (Wildman–Crippen LogP) is 5.42. The molecule has 0 radical (unpaired) electrons. The topological polar surface area (TPSA) is 0 Å². The minimum absolute atomic E-state index is 1.30. The highest BCUT2D eigenvalue weighted by atomic mass is 127. The van der Waals surface area contributed by atoms with Gasteiger partial charge in [0, 0.05) is 3.57 Å². The normalized spacial score (nSPS) is 10.8. The van der Waals surface area contributed by atoms with Gasteiger partial charge in [-0.25, -0.2) is 0 Å². The van der Waals surface area contributed by atoms with E-state index in [0.717, 1.165) is 0 Å². The zero-order valence-corrected chi connectivity index (χ0v) is 12.3. The van der Waals surface area contributed by atoms with Gasteiger partial charge in [0.25, 0.3) is 0 Å². The van der Waals surface area contributed by atoms with E-state index in [-0.39, 0.29) is 0 Å². The van der Waals surface area contributed by atoms with Crippen molar-refractivity contribution in [2.24, 2.45) is 0 Å². The lowest BCUT2D eigenvalue weighted by atomic mass is 9.97. The molecule has 0 amide bonds. The maximum atomic E-state index is 2.38. The Bertz CT molecular complexity index is 708. The molecule has 0 aliphatic heterocycles. The molecule has 0 atom stereocenters. The van der Waals surface area contributed by atoms with E-state index < -0.39 is 0 Å². The summed E-state index contributed by atoms with van der Waals surface area (Å²) >= 11 is 2.38. The Balaban J connectivity index is 2.28. The molecule has 3 aromatic carbocycles. The molecule has 1 heteroatoms. The van der Waals surface area contributed by atoms with Crippen LogP contribution in [-0.2, 0) is 0 Å². The fourth-order valence-corrected chi connectivity index (χ4v) is 2.62. The predicted molar refractivity (Wildman–Crippen MR) is 86.8 cm³/mol. The minimum atomic E-state index is 1.30. The third-order valence-corrected chi connectivity index (χ3v) is 4.47. The first-order valence-corrected chi connectivity index (χ1v) is 7.08. The Hall–Kier alpha value is -1.35. The van der Waals surface area contributed by atoms with Gasteiger partial charge in [0.1, 0.15) is 0 Å². The number of hydrogen-bond acceptors (Lipinski definition) is 0. The second-order valence-electron chi connectivity index (χ2n) is 4.49. The molecule has 18 heavy (non-hydrogen) atoms. The molecule has 0 aliphatic carbocycles. The van der Waals surface area contributed by atoms with Crippen LogP contribution in [0.5, 0.6) is 0 Å². The van der Waals surface area contributed by atoms with Gasteiger partial charge in [0.05, 0.1) is 0 Å². The average Bonchev–Trinajstić information content (AvgIpc) is 2.41. The van der Waals surface area contributed by atoms with Crippen LogP contribution in [0.15, 0.2) is 60.7 Å². The second kappa shape index (κ2) is 4.73. The van der Waals surface area contributed by atoms with Gasteiger partial charge >= 0.3 is 0 Å². The monoisotopic (exact) mass is 344 g/mol. The number of hydrogen-bond donors (Lipinski definition) is 0. The fourth-order valence-electron chi connectivity index (χ4n) is 2.29. The maximum absolute atomic E-state index is 2.38. The smallest absolute Gasteiger partial charge is 0.0159 e. The SMILES string of the molecule is Cc1cc(-c2cccc3ccccc23)ccc1I. The highest BCUT2D eigenvalue weighted by Crippen LogP contribution is 2.29. The summed E-state index contributed by atoms with van der Waals surface area (Å²) in [7, 11) is 0. The van der Waals surface area contributed by atoms with Gasteiger partial charge in [-0.3, -0.25) is 0 Å². The molecule has 0 unspecified atom stereocenters. The van der Waals surface area contributed by atoms with Gasteiger partial charge in [-0.1, -0.05) is 54.6 Å². The Morgan fingerprint density at radius 3 is 2.44 bits per heavy atom. The van der Waals surface area contributed by atoms with Crippen molar-refractivity contribution in [1.29, 1.82) is 0 Å². The van der Waals surface area contributed by atoms with E-state index in [0.29, 0.717) is 0 Å². The quantitative estimate of drug-likeness (QED) is 0.517. The minimum Gasteiger partial charge on any atom is -0.0616 e. The summed E-state index contributed by atoms with van der Waals surface area (Å²) in [5, 5.41) is 2.62. The van der Waals surface area contributed by atoms with Crippen LogP contribution in [0.2, 0.25) is 0 Å². The highest BCUT2D eigenvalue weighted by molar-refractivity contribution is 14.1. The van der Waals surface area contributed by atoms with Crippen LogP contribution in [0.25, 0.3) is 21.9 Å². The average molecular weight is 344 g/mol. The summed E-state index contributed by atoms with van der Waals surface area (Å²) in [4.78, 5) is 0. The third-order valence-electron chi connectivity index (χ3n) is 3.26. The lowest BCUT2D eigenvalue weighted by Crippen LogP contribution is -1.84. The van der Waals surface area contributed by atoms with E-state index in [1.165, 1.54) is 31.0 Å². The maximum Gasteiger partial charge on any atom is 0.0159 e. The van der Waals surface area contributed by atoms with Gasteiger partial charge in [0.15, 0.2) is 0 Å². The summed E-state index contributed by atoms with van der Waals surface area (Å²) in [6, 6.07) is 21.7. The van der Waals surface area contributed by atoms with E-state index in [9.17, 15) is 0 Å². The van der Waals surface area contributed by atoms with Crippen molar-refractivity contribution in [3.8, 4) is 11.1 Å². The lowest BCUT2D eigenvalue weighted by Gasteiger charge is -2.08. The molecule has 0 spiro atoms. The van der Waals surface area contributed by atoms with Crippen LogP contribution in [0.3, 0.4) is 0 Å².